The monoisotopic (exact) mass is 273 g/mol. The van der Waals surface area contributed by atoms with Gasteiger partial charge in [0.1, 0.15) is 11.3 Å². The number of para-hydroxylation sites is 1. The molecule has 2 rings (SSSR count). The molecule has 0 bridgehead atoms. The minimum atomic E-state index is -1.23. The number of rotatable bonds is 3. The SMILES string of the molecule is Nc1ccc(C(=O)O)c(OC(=O)Oc2ccccc2)c1. The van der Waals surface area contributed by atoms with Crippen LogP contribution in [0.5, 0.6) is 11.5 Å². The average Bonchev–Trinajstić information content (AvgIpc) is 2.39. The second-order valence-corrected chi connectivity index (χ2v) is 3.83. The van der Waals surface area contributed by atoms with Gasteiger partial charge in [-0.2, -0.15) is 0 Å². The molecule has 0 aliphatic carbocycles. The van der Waals surface area contributed by atoms with E-state index in [-0.39, 0.29) is 17.0 Å². The van der Waals surface area contributed by atoms with Crippen molar-refractivity contribution in [3.63, 3.8) is 0 Å². The molecule has 6 nitrogen and oxygen atoms in total. The first-order valence-corrected chi connectivity index (χ1v) is 5.64. The van der Waals surface area contributed by atoms with Crippen molar-refractivity contribution in [3.8, 4) is 11.5 Å². The van der Waals surface area contributed by atoms with E-state index in [1.807, 2.05) is 0 Å². The van der Waals surface area contributed by atoms with Crippen molar-refractivity contribution >= 4 is 17.8 Å². The fourth-order valence-electron chi connectivity index (χ4n) is 1.50. The van der Waals surface area contributed by atoms with Crippen LogP contribution in [-0.4, -0.2) is 17.2 Å². The van der Waals surface area contributed by atoms with Crippen molar-refractivity contribution in [1.82, 2.24) is 0 Å². The minimum Gasteiger partial charge on any atom is -0.478 e. The van der Waals surface area contributed by atoms with E-state index in [0.29, 0.717) is 5.75 Å². The molecule has 0 heterocycles. The lowest BCUT2D eigenvalue weighted by Crippen LogP contribution is -2.15. The fraction of sp³-hybridized carbons (Fsp3) is 0. The van der Waals surface area contributed by atoms with Gasteiger partial charge >= 0.3 is 12.1 Å². The molecular weight excluding hydrogens is 262 g/mol. The van der Waals surface area contributed by atoms with Gasteiger partial charge in [0.25, 0.3) is 0 Å². The molecule has 0 aromatic heterocycles. The number of hydrogen-bond acceptors (Lipinski definition) is 5. The van der Waals surface area contributed by atoms with Gasteiger partial charge in [-0.1, -0.05) is 18.2 Å². The molecule has 20 heavy (non-hydrogen) atoms. The van der Waals surface area contributed by atoms with Crippen LogP contribution in [-0.2, 0) is 0 Å². The van der Waals surface area contributed by atoms with E-state index in [1.165, 1.54) is 18.2 Å². The van der Waals surface area contributed by atoms with E-state index >= 15 is 0 Å². The number of hydrogen-bond donors (Lipinski definition) is 2. The molecule has 0 atom stereocenters. The Hall–Kier alpha value is -3.02. The number of ether oxygens (including phenoxy) is 2. The lowest BCUT2D eigenvalue weighted by Gasteiger charge is -2.08. The van der Waals surface area contributed by atoms with Crippen LogP contribution in [0.3, 0.4) is 0 Å². The van der Waals surface area contributed by atoms with E-state index in [0.717, 1.165) is 0 Å². The highest BCUT2D eigenvalue weighted by Gasteiger charge is 2.16. The molecule has 0 spiro atoms. The summed E-state index contributed by atoms with van der Waals surface area (Å²) in [6.45, 7) is 0. The smallest absolute Gasteiger partial charge is 0.478 e. The second-order valence-electron chi connectivity index (χ2n) is 3.83. The van der Waals surface area contributed by atoms with Crippen molar-refractivity contribution in [2.45, 2.75) is 0 Å². The molecule has 0 aliphatic heterocycles. The Morgan fingerprint density at radius 2 is 1.70 bits per heavy atom. The summed E-state index contributed by atoms with van der Waals surface area (Å²) in [6, 6.07) is 12.2. The van der Waals surface area contributed by atoms with E-state index in [2.05, 4.69) is 0 Å². The molecule has 102 valence electrons. The van der Waals surface area contributed by atoms with Crippen molar-refractivity contribution in [3.05, 3.63) is 54.1 Å². The van der Waals surface area contributed by atoms with Crippen molar-refractivity contribution in [2.24, 2.45) is 0 Å². The zero-order valence-corrected chi connectivity index (χ0v) is 10.3. The van der Waals surface area contributed by atoms with Gasteiger partial charge in [-0.3, -0.25) is 0 Å². The molecule has 2 aromatic carbocycles. The van der Waals surface area contributed by atoms with Gasteiger partial charge in [0.05, 0.1) is 0 Å². The molecule has 2 aromatic rings. The quantitative estimate of drug-likeness (QED) is 0.506. The molecule has 0 unspecified atom stereocenters. The number of nitrogens with two attached hydrogens (primary N) is 1. The Morgan fingerprint density at radius 3 is 2.35 bits per heavy atom. The normalized spacial score (nSPS) is 9.80. The molecule has 0 saturated heterocycles. The topological polar surface area (TPSA) is 98.9 Å². The van der Waals surface area contributed by atoms with Crippen LogP contribution >= 0.6 is 0 Å². The standard InChI is InChI=1S/C14H11NO5/c15-9-6-7-11(13(16)17)12(8-9)20-14(18)19-10-4-2-1-3-5-10/h1-8H,15H2,(H,16,17). The van der Waals surface area contributed by atoms with Crippen molar-refractivity contribution < 1.29 is 24.2 Å². The summed E-state index contributed by atoms with van der Waals surface area (Å²) in [6.07, 6.45) is -1.04. The number of carbonyl (C=O) groups excluding carboxylic acids is 1. The summed E-state index contributed by atoms with van der Waals surface area (Å²) in [5.74, 6) is -1.11. The molecule has 6 heteroatoms. The van der Waals surface area contributed by atoms with Crippen LogP contribution in [0.1, 0.15) is 10.4 Å². The van der Waals surface area contributed by atoms with E-state index < -0.39 is 12.1 Å². The third-order valence-electron chi connectivity index (χ3n) is 2.37. The van der Waals surface area contributed by atoms with Crippen LogP contribution in [0, 0.1) is 0 Å². The predicted molar refractivity (Wildman–Crippen MR) is 70.9 cm³/mol. The molecule has 3 N–H and O–H groups in total. The summed E-state index contributed by atoms with van der Waals surface area (Å²) < 4.78 is 9.77. The number of anilines is 1. The zero-order chi connectivity index (χ0) is 14.5. The van der Waals surface area contributed by atoms with Gasteiger partial charge in [-0.15, -0.1) is 0 Å². The Morgan fingerprint density at radius 1 is 1.00 bits per heavy atom. The lowest BCUT2D eigenvalue weighted by atomic mass is 10.2. The molecule has 0 aliphatic rings. The van der Waals surface area contributed by atoms with Crippen LogP contribution in [0.25, 0.3) is 0 Å². The molecule has 0 amide bonds. The van der Waals surface area contributed by atoms with Gasteiger partial charge < -0.3 is 20.3 Å². The predicted octanol–water partition coefficient (Wildman–Crippen LogP) is 2.54. The summed E-state index contributed by atoms with van der Waals surface area (Å²) in [5.41, 5.74) is 5.63. The highest BCUT2D eigenvalue weighted by atomic mass is 16.7. The third kappa shape index (κ3) is 3.26. The second kappa shape index (κ2) is 5.75. The van der Waals surface area contributed by atoms with Crippen molar-refractivity contribution in [1.29, 1.82) is 0 Å². The first kappa shape index (κ1) is 13.4. The molecule has 0 saturated carbocycles. The van der Waals surface area contributed by atoms with Gasteiger partial charge in [0, 0.05) is 11.8 Å². The number of benzene rings is 2. The highest BCUT2D eigenvalue weighted by molar-refractivity contribution is 5.92. The summed E-state index contributed by atoms with van der Waals surface area (Å²) in [7, 11) is 0. The van der Waals surface area contributed by atoms with Gasteiger partial charge in [-0.25, -0.2) is 9.59 Å². The zero-order valence-electron chi connectivity index (χ0n) is 10.3. The molecular formula is C14H11NO5. The minimum absolute atomic E-state index is 0.168. The molecule has 0 radical (unpaired) electrons. The number of aromatic carboxylic acids is 1. The Kier molecular flexibility index (Phi) is 3.85. The summed E-state index contributed by atoms with van der Waals surface area (Å²) >= 11 is 0. The molecule has 0 fully saturated rings. The lowest BCUT2D eigenvalue weighted by molar-refractivity contribution is 0.0693. The number of carbonyl (C=O) groups is 2. The fourth-order valence-corrected chi connectivity index (χ4v) is 1.50. The van der Waals surface area contributed by atoms with Gasteiger partial charge in [-0.05, 0) is 24.3 Å². The number of nitrogen functional groups attached to an aromatic ring is 1. The van der Waals surface area contributed by atoms with E-state index in [1.54, 1.807) is 30.3 Å². The summed E-state index contributed by atoms with van der Waals surface area (Å²) in [5, 5.41) is 8.99. The first-order chi connectivity index (χ1) is 9.56. The Balaban J connectivity index is 2.15. The first-order valence-electron chi connectivity index (χ1n) is 5.64. The van der Waals surface area contributed by atoms with Crippen LogP contribution in [0.15, 0.2) is 48.5 Å². The Bertz CT molecular complexity index is 639. The maximum absolute atomic E-state index is 11.6. The van der Waals surface area contributed by atoms with E-state index in [9.17, 15) is 9.59 Å². The number of carboxylic acids is 1. The summed E-state index contributed by atoms with van der Waals surface area (Å²) in [4.78, 5) is 22.6. The highest BCUT2D eigenvalue weighted by Crippen LogP contribution is 2.22. The number of carboxylic acid groups (broad SMARTS) is 1. The van der Waals surface area contributed by atoms with E-state index in [4.69, 9.17) is 20.3 Å². The Labute approximate surface area is 114 Å². The maximum atomic E-state index is 11.6. The third-order valence-corrected chi connectivity index (χ3v) is 2.37. The van der Waals surface area contributed by atoms with Crippen LogP contribution < -0.4 is 15.2 Å². The van der Waals surface area contributed by atoms with Crippen LogP contribution in [0.2, 0.25) is 0 Å². The largest absolute Gasteiger partial charge is 0.519 e. The average molecular weight is 273 g/mol. The maximum Gasteiger partial charge on any atom is 0.519 e. The van der Waals surface area contributed by atoms with Crippen molar-refractivity contribution in [2.75, 3.05) is 5.73 Å². The van der Waals surface area contributed by atoms with Crippen LogP contribution in [0.4, 0.5) is 10.5 Å². The van der Waals surface area contributed by atoms with Gasteiger partial charge in [0.15, 0.2) is 5.75 Å². The van der Waals surface area contributed by atoms with Gasteiger partial charge in [0.2, 0.25) is 0 Å².